The Morgan fingerprint density at radius 1 is 1.29 bits per heavy atom. The third kappa shape index (κ3) is 2.32. The average molecular weight is 334 g/mol. The van der Waals surface area contributed by atoms with Gasteiger partial charge in [-0.2, -0.15) is 0 Å². The van der Waals surface area contributed by atoms with Crippen molar-refractivity contribution in [3.05, 3.63) is 0 Å². The molecule has 4 saturated carbocycles. The standard InChI is InChI=1S/C17H26N4O3/c1-4-15-5-11-6-16(8-15,10-17(23,7-11)9-15)12(22)18-13-19-20-14(24-13)21(2)3/h11,23H,4-10H2,1-3H3,(H,18,19,22). The van der Waals surface area contributed by atoms with Crippen molar-refractivity contribution in [1.82, 2.24) is 10.2 Å². The van der Waals surface area contributed by atoms with Gasteiger partial charge in [0.25, 0.3) is 0 Å². The van der Waals surface area contributed by atoms with E-state index in [0.717, 1.165) is 38.5 Å². The molecule has 2 N–H and O–H groups in total. The Morgan fingerprint density at radius 3 is 2.71 bits per heavy atom. The van der Waals surface area contributed by atoms with E-state index >= 15 is 0 Å². The molecule has 0 radical (unpaired) electrons. The minimum absolute atomic E-state index is 0.0724. The molecule has 4 atom stereocenters. The largest absolute Gasteiger partial charge is 0.390 e. The van der Waals surface area contributed by atoms with Crippen molar-refractivity contribution in [2.75, 3.05) is 24.3 Å². The van der Waals surface area contributed by atoms with E-state index < -0.39 is 11.0 Å². The maximum Gasteiger partial charge on any atom is 0.323 e. The normalized spacial score (nSPS) is 39.9. The van der Waals surface area contributed by atoms with Gasteiger partial charge in [0, 0.05) is 14.1 Å². The molecule has 7 heteroatoms. The van der Waals surface area contributed by atoms with E-state index in [4.69, 9.17) is 4.42 Å². The van der Waals surface area contributed by atoms with Gasteiger partial charge in [-0.25, -0.2) is 0 Å². The van der Waals surface area contributed by atoms with Gasteiger partial charge in [0.05, 0.1) is 11.0 Å². The van der Waals surface area contributed by atoms with Gasteiger partial charge >= 0.3 is 12.0 Å². The number of amides is 1. The lowest BCUT2D eigenvalue weighted by molar-refractivity contribution is -0.201. The molecule has 4 unspecified atom stereocenters. The number of nitrogens with zero attached hydrogens (tertiary/aromatic N) is 3. The zero-order valence-electron chi connectivity index (χ0n) is 14.6. The first-order chi connectivity index (χ1) is 11.3. The van der Waals surface area contributed by atoms with Crippen LogP contribution in [0.5, 0.6) is 0 Å². The number of hydrogen-bond donors (Lipinski definition) is 2. The van der Waals surface area contributed by atoms with Crippen LogP contribution in [-0.2, 0) is 4.79 Å². The van der Waals surface area contributed by atoms with E-state index in [-0.39, 0.29) is 17.3 Å². The maximum absolute atomic E-state index is 13.1. The molecule has 1 aromatic heterocycles. The fourth-order valence-corrected chi connectivity index (χ4v) is 5.91. The van der Waals surface area contributed by atoms with E-state index in [1.54, 1.807) is 19.0 Å². The molecule has 0 aromatic carbocycles. The fraction of sp³-hybridized carbons (Fsp3) is 0.824. The Morgan fingerprint density at radius 2 is 2.08 bits per heavy atom. The zero-order chi connectivity index (χ0) is 17.2. The summed E-state index contributed by atoms with van der Waals surface area (Å²) in [6, 6.07) is 0.497. The van der Waals surface area contributed by atoms with Crippen molar-refractivity contribution >= 4 is 17.9 Å². The van der Waals surface area contributed by atoms with Crippen LogP contribution in [0.4, 0.5) is 12.0 Å². The van der Waals surface area contributed by atoms with Gasteiger partial charge in [0.2, 0.25) is 5.91 Å². The maximum atomic E-state index is 13.1. The predicted molar refractivity (Wildman–Crippen MR) is 88.6 cm³/mol. The SMILES string of the molecule is CCC12CC3CC(O)(C1)CC(C(=O)Nc1nnc(N(C)C)o1)(C3)C2. The summed E-state index contributed by atoms with van der Waals surface area (Å²) in [5, 5.41) is 21.6. The first-order valence-corrected chi connectivity index (χ1v) is 8.82. The second-order valence-electron chi connectivity index (χ2n) is 8.61. The predicted octanol–water partition coefficient (Wildman–Crippen LogP) is 2.19. The molecule has 7 nitrogen and oxygen atoms in total. The summed E-state index contributed by atoms with van der Waals surface area (Å²) in [5.74, 6) is 0.369. The van der Waals surface area contributed by atoms with E-state index in [2.05, 4.69) is 22.4 Å². The molecule has 1 aromatic rings. The number of carbonyl (C=O) groups is 1. The molecule has 4 aliphatic carbocycles. The van der Waals surface area contributed by atoms with Crippen LogP contribution in [0.2, 0.25) is 0 Å². The van der Waals surface area contributed by atoms with Gasteiger partial charge < -0.3 is 14.4 Å². The lowest BCUT2D eigenvalue weighted by Gasteiger charge is -2.64. The summed E-state index contributed by atoms with van der Waals surface area (Å²) in [6.07, 6.45) is 6.12. The Kier molecular flexibility index (Phi) is 3.27. The van der Waals surface area contributed by atoms with Gasteiger partial charge in [0.1, 0.15) is 0 Å². The molecule has 0 aliphatic heterocycles. The average Bonchev–Trinajstić information content (AvgIpc) is 2.93. The number of hydrogen-bond acceptors (Lipinski definition) is 6. The van der Waals surface area contributed by atoms with Crippen LogP contribution in [-0.4, -0.2) is 40.9 Å². The molecule has 5 rings (SSSR count). The van der Waals surface area contributed by atoms with Crippen LogP contribution in [0, 0.1) is 16.7 Å². The fourth-order valence-electron chi connectivity index (χ4n) is 5.91. The van der Waals surface area contributed by atoms with Gasteiger partial charge in [-0.1, -0.05) is 23.5 Å². The molecule has 4 aliphatic rings. The van der Waals surface area contributed by atoms with Crippen molar-refractivity contribution < 1.29 is 14.3 Å². The molecular formula is C17H26N4O3. The summed E-state index contributed by atoms with van der Waals surface area (Å²) < 4.78 is 5.46. The highest BCUT2D eigenvalue weighted by molar-refractivity contribution is 5.94. The Balaban J connectivity index is 1.59. The van der Waals surface area contributed by atoms with Crippen molar-refractivity contribution in [3.8, 4) is 0 Å². The molecule has 24 heavy (non-hydrogen) atoms. The quantitative estimate of drug-likeness (QED) is 0.877. The van der Waals surface area contributed by atoms with Crippen LogP contribution in [0.3, 0.4) is 0 Å². The molecule has 0 spiro atoms. The van der Waals surface area contributed by atoms with Gasteiger partial charge in [-0.15, -0.1) is 0 Å². The first kappa shape index (κ1) is 15.9. The number of anilines is 2. The summed E-state index contributed by atoms with van der Waals surface area (Å²) in [7, 11) is 3.61. The lowest BCUT2D eigenvalue weighted by Crippen LogP contribution is -2.63. The second-order valence-corrected chi connectivity index (χ2v) is 8.61. The number of carbonyl (C=O) groups excluding carboxylic acids is 1. The molecule has 1 heterocycles. The Labute approximate surface area is 141 Å². The highest BCUT2D eigenvalue weighted by Gasteiger charge is 2.64. The van der Waals surface area contributed by atoms with Crippen molar-refractivity contribution in [1.29, 1.82) is 0 Å². The minimum Gasteiger partial charge on any atom is -0.390 e. The minimum atomic E-state index is -0.684. The van der Waals surface area contributed by atoms with Gasteiger partial charge in [-0.3, -0.25) is 10.1 Å². The highest BCUT2D eigenvalue weighted by Crippen LogP contribution is 2.67. The summed E-state index contributed by atoms with van der Waals surface area (Å²) in [4.78, 5) is 14.8. The van der Waals surface area contributed by atoms with Gasteiger partial charge in [-0.05, 0) is 49.9 Å². The third-order valence-corrected chi connectivity index (χ3v) is 6.40. The van der Waals surface area contributed by atoms with E-state index in [0.29, 0.717) is 18.4 Å². The van der Waals surface area contributed by atoms with Gasteiger partial charge in [0.15, 0.2) is 0 Å². The number of aliphatic hydroxyl groups is 1. The smallest absolute Gasteiger partial charge is 0.323 e. The monoisotopic (exact) mass is 334 g/mol. The Hall–Kier alpha value is -1.63. The van der Waals surface area contributed by atoms with Crippen LogP contribution in [0.25, 0.3) is 0 Å². The molecule has 4 bridgehead atoms. The molecule has 4 fully saturated rings. The van der Waals surface area contributed by atoms with Crippen LogP contribution in [0.15, 0.2) is 4.42 Å². The first-order valence-electron chi connectivity index (χ1n) is 8.82. The Bertz CT molecular complexity index is 675. The number of nitrogens with one attached hydrogen (secondary N) is 1. The lowest BCUT2D eigenvalue weighted by atomic mass is 9.42. The second kappa shape index (κ2) is 4.94. The van der Waals surface area contributed by atoms with Crippen LogP contribution in [0.1, 0.15) is 51.9 Å². The number of aromatic nitrogens is 2. The van der Waals surface area contributed by atoms with E-state index in [1.807, 2.05) is 0 Å². The molecule has 132 valence electrons. The number of rotatable bonds is 4. The van der Waals surface area contributed by atoms with Crippen LogP contribution >= 0.6 is 0 Å². The summed E-state index contributed by atoms with van der Waals surface area (Å²) in [6.45, 7) is 2.18. The van der Waals surface area contributed by atoms with E-state index in [9.17, 15) is 9.90 Å². The molecule has 1 amide bonds. The van der Waals surface area contributed by atoms with Crippen molar-refractivity contribution in [2.24, 2.45) is 16.7 Å². The highest BCUT2D eigenvalue weighted by atomic mass is 16.4. The van der Waals surface area contributed by atoms with Crippen molar-refractivity contribution in [3.63, 3.8) is 0 Å². The molecule has 0 saturated heterocycles. The van der Waals surface area contributed by atoms with E-state index in [1.165, 1.54) is 0 Å². The van der Waals surface area contributed by atoms with Crippen molar-refractivity contribution in [2.45, 2.75) is 57.5 Å². The summed E-state index contributed by atoms with van der Waals surface area (Å²) in [5.41, 5.74) is -1.08. The zero-order valence-corrected chi connectivity index (χ0v) is 14.6. The summed E-state index contributed by atoms with van der Waals surface area (Å²) >= 11 is 0. The van der Waals surface area contributed by atoms with Crippen LogP contribution < -0.4 is 10.2 Å². The molecular weight excluding hydrogens is 308 g/mol. The topological polar surface area (TPSA) is 91.5 Å². The third-order valence-electron chi connectivity index (χ3n) is 6.40.